The van der Waals surface area contributed by atoms with Gasteiger partial charge in [0, 0.05) is 26.1 Å². The topological polar surface area (TPSA) is 62.7 Å². The van der Waals surface area contributed by atoms with Gasteiger partial charge in [-0.2, -0.15) is 0 Å². The lowest BCUT2D eigenvalue weighted by molar-refractivity contribution is -0.140. The Morgan fingerprint density at radius 2 is 1.83 bits per heavy atom. The minimum absolute atomic E-state index is 0. The monoisotopic (exact) mass is 441 g/mol. The summed E-state index contributed by atoms with van der Waals surface area (Å²) in [4.78, 5) is 15.5. The number of aliphatic imine (C=N–C) groups is 1. The number of unbranched alkanes of at least 4 members (excludes halogenated alkanes) is 3. The van der Waals surface area contributed by atoms with Crippen LogP contribution in [-0.2, 0) is 9.53 Å². The fourth-order valence-electron chi connectivity index (χ4n) is 2.08. The van der Waals surface area contributed by atoms with E-state index in [1.807, 2.05) is 0 Å². The molecule has 6 heteroatoms. The van der Waals surface area contributed by atoms with Crippen molar-refractivity contribution in [1.29, 1.82) is 0 Å². The number of nitrogens with one attached hydrogen (secondary N) is 2. The zero-order chi connectivity index (χ0) is 16.6. The molecule has 0 saturated carbocycles. The predicted octanol–water partition coefficient (Wildman–Crippen LogP) is 3.72. The lowest BCUT2D eigenvalue weighted by Crippen LogP contribution is -2.37. The van der Waals surface area contributed by atoms with Crippen molar-refractivity contribution in [3.8, 4) is 0 Å². The Labute approximate surface area is 159 Å². The van der Waals surface area contributed by atoms with Gasteiger partial charge in [-0.05, 0) is 32.1 Å². The second-order valence-corrected chi connectivity index (χ2v) is 5.96. The highest BCUT2D eigenvalue weighted by atomic mass is 127. The fourth-order valence-corrected chi connectivity index (χ4v) is 2.08. The summed E-state index contributed by atoms with van der Waals surface area (Å²) in [5, 5.41) is 6.64. The van der Waals surface area contributed by atoms with Crippen molar-refractivity contribution in [2.24, 2.45) is 10.9 Å². The number of carbonyl (C=O) groups is 1. The number of nitrogens with zero attached hydrogens (tertiary/aromatic N) is 1. The summed E-state index contributed by atoms with van der Waals surface area (Å²) in [6.07, 6.45) is 7.12. The van der Waals surface area contributed by atoms with Crippen LogP contribution in [0.15, 0.2) is 4.99 Å². The van der Waals surface area contributed by atoms with Crippen molar-refractivity contribution >= 4 is 35.9 Å². The number of guanidine groups is 1. The van der Waals surface area contributed by atoms with Crippen LogP contribution in [0.2, 0.25) is 0 Å². The van der Waals surface area contributed by atoms with Crippen LogP contribution in [0.3, 0.4) is 0 Å². The van der Waals surface area contributed by atoms with Gasteiger partial charge in [0.15, 0.2) is 5.96 Å². The second-order valence-electron chi connectivity index (χ2n) is 5.96. The van der Waals surface area contributed by atoms with Crippen molar-refractivity contribution < 1.29 is 9.53 Å². The molecule has 2 N–H and O–H groups in total. The van der Waals surface area contributed by atoms with Gasteiger partial charge in [-0.1, -0.05) is 33.1 Å². The SMILES string of the molecule is CCNC(=NCCCCCC(=O)OC)NCCCCC(C)C.I. The van der Waals surface area contributed by atoms with E-state index in [9.17, 15) is 4.79 Å². The number of carbonyl (C=O) groups excluding carboxylic acids is 1. The highest BCUT2D eigenvalue weighted by molar-refractivity contribution is 14.0. The first-order chi connectivity index (χ1) is 10.6. The molecule has 23 heavy (non-hydrogen) atoms. The van der Waals surface area contributed by atoms with Crippen molar-refractivity contribution in [2.75, 3.05) is 26.7 Å². The first-order valence-electron chi connectivity index (χ1n) is 8.69. The molecule has 0 heterocycles. The number of hydrogen-bond acceptors (Lipinski definition) is 3. The van der Waals surface area contributed by atoms with E-state index in [0.29, 0.717) is 6.42 Å². The van der Waals surface area contributed by atoms with Gasteiger partial charge in [0.25, 0.3) is 0 Å². The van der Waals surface area contributed by atoms with Gasteiger partial charge in [-0.3, -0.25) is 9.79 Å². The third-order valence-corrected chi connectivity index (χ3v) is 3.38. The highest BCUT2D eigenvalue weighted by Crippen LogP contribution is 2.05. The van der Waals surface area contributed by atoms with Gasteiger partial charge >= 0.3 is 5.97 Å². The highest BCUT2D eigenvalue weighted by Gasteiger charge is 2.00. The van der Waals surface area contributed by atoms with E-state index in [1.165, 1.54) is 26.4 Å². The van der Waals surface area contributed by atoms with Crippen LogP contribution in [0, 0.1) is 5.92 Å². The lowest BCUT2D eigenvalue weighted by Gasteiger charge is -2.11. The molecule has 0 aromatic rings. The molecule has 0 radical (unpaired) electrons. The summed E-state index contributed by atoms with van der Waals surface area (Å²) >= 11 is 0. The van der Waals surface area contributed by atoms with Crippen molar-refractivity contribution in [3.05, 3.63) is 0 Å². The molecule has 0 aromatic carbocycles. The number of halogens is 1. The maximum Gasteiger partial charge on any atom is 0.305 e. The van der Waals surface area contributed by atoms with Crippen LogP contribution in [-0.4, -0.2) is 38.7 Å². The van der Waals surface area contributed by atoms with E-state index < -0.39 is 0 Å². The number of ether oxygens (including phenoxy) is 1. The Bertz CT molecular complexity index is 310. The quantitative estimate of drug-likeness (QED) is 0.159. The molecule has 0 rings (SSSR count). The molecule has 0 aromatic heterocycles. The van der Waals surface area contributed by atoms with Gasteiger partial charge < -0.3 is 15.4 Å². The van der Waals surface area contributed by atoms with E-state index in [-0.39, 0.29) is 29.9 Å². The molecule has 0 aliphatic heterocycles. The molecule has 0 saturated heterocycles. The summed E-state index contributed by atoms with van der Waals surface area (Å²) in [6, 6.07) is 0. The average molecular weight is 441 g/mol. The molecule has 0 fully saturated rings. The van der Waals surface area contributed by atoms with E-state index in [4.69, 9.17) is 0 Å². The van der Waals surface area contributed by atoms with Crippen LogP contribution in [0.1, 0.15) is 65.7 Å². The molecule has 0 atom stereocenters. The van der Waals surface area contributed by atoms with Crippen LogP contribution < -0.4 is 10.6 Å². The summed E-state index contributed by atoms with van der Waals surface area (Å²) in [7, 11) is 1.43. The van der Waals surface area contributed by atoms with Crippen molar-refractivity contribution in [3.63, 3.8) is 0 Å². The van der Waals surface area contributed by atoms with Gasteiger partial charge in [0.1, 0.15) is 0 Å². The Balaban J connectivity index is 0. The Kier molecular flexibility index (Phi) is 19.1. The Morgan fingerprint density at radius 3 is 2.43 bits per heavy atom. The van der Waals surface area contributed by atoms with E-state index in [1.54, 1.807) is 0 Å². The summed E-state index contributed by atoms with van der Waals surface area (Å²) in [5.74, 6) is 1.56. The first-order valence-corrected chi connectivity index (χ1v) is 8.69. The standard InChI is InChI=1S/C17H35N3O2.HI/c1-5-18-17(20-14-10-8-11-15(2)3)19-13-9-6-7-12-16(21)22-4;/h15H,5-14H2,1-4H3,(H2,18,19,20);1H. The molecule has 0 aliphatic carbocycles. The predicted molar refractivity (Wildman–Crippen MR) is 109 cm³/mol. The summed E-state index contributed by atoms with van der Waals surface area (Å²) in [6.45, 7) is 9.24. The third-order valence-electron chi connectivity index (χ3n) is 3.38. The zero-order valence-corrected chi connectivity index (χ0v) is 17.7. The molecule has 0 spiro atoms. The summed E-state index contributed by atoms with van der Waals surface area (Å²) < 4.78 is 4.62. The third kappa shape index (κ3) is 17.7. The fraction of sp³-hybridized carbons (Fsp3) is 0.882. The normalized spacial score (nSPS) is 11.1. The van der Waals surface area contributed by atoms with Gasteiger partial charge in [0.2, 0.25) is 0 Å². The molecule has 0 aliphatic rings. The van der Waals surface area contributed by atoms with Crippen LogP contribution >= 0.6 is 24.0 Å². The van der Waals surface area contributed by atoms with E-state index >= 15 is 0 Å². The molecule has 0 unspecified atom stereocenters. The zero-order valence-electron chi connectivity index (χ0n) is 15.3. The van der Waals surface area contributed by atoms with Crippen LogP contribution in [0.25, 0.3) is 0 Å². The van der Waals surface area contributed by atoms with Gasteiger partial charge in [-0.15, -0.1) is 24.0 Å². The number of methoxy groups -OCH3 is 1. The molecule has 0 amide bonds. The van der Waals surface area contributed by atoms with Gasteiger partial charge in [-0.25, -0.2) is 0 Å². The molecular weight excluding hydrogens is 405 g/mol. The molecule has 0 bridgehead atoms. The minimum Gasteiger partial charge on any atom is -0.469 e. The molecular formula is C17H36IN3O2. The Morgan fingerprint density at radius 1 is 1.09 bits per heavy atom. The van der Waals surface area contributed by atoms with Crippen LogP contribution in [0.5, 0.6) is 0 Å². The number of rotatable bonds is 12. The summed E-state index contributed by atoms with van der Waals surface area (Å²) in [5.41, 5.74) is 0. The first kappa shape index (κ1) is 24.7. The van der Waals surface area contributed by atoms with E-state index in [2.05, 4.69) is 41.1 Å². The number of hydrogen-bond donors (Lipinski definition) is 2. The van der Waals surface area contributed by atoms with Crippen molar-refractivity contribution in [2.45, 2.75) is 65.7 Å². The second kappa shape index (κ2) is 17.8. The minimum atomic E-state index is -0.125. The molecule has 138 valence electrons. The Hall–Kier alpha value is -0.530. The van der Waals surface area contributed by atoms with E-state index in [0.717, 1.165) is 50.8 Å². The largest absolute Gasteiger partial charge is 0.469 e. The lowest BCUT2D eigenvalue weighted by atomic mass is 10.1. The number of esters is 1. The smallest absolute Gasteiger partial charge is 0.305 e. The van der Waals surface area contributed by atoms with Crippen molar-refractivity contribution in [1.82, 2.24) is 10.6 Å². The van der Waals surface area contributed by atoms with Crippen LogP contribution in [0.4, 0.5) is 0 Å². The van der Waals surface area contributed by atoms with Gasteiger partial charge in [0.05, 0.1) is 7.11 Å². The molecule has 5 nitrogen and oxygen atoms in total. The average Bonchev–Trinajstić information content (AvgIpc) is 2.49. The maximum absolute atomic E-state index is 11.0. The maximum atomic E-state index is 11.0.